The van der Waals surface area contributed by atoms with Crippen LogP contribution in [0.4, 0.5) is 0 Å². The van der Waals surface area contributed by atoms with Crippen LogP contribution in [0.15, 0.2) is 18.2 Å². The van der Waals surface area contributed by atoms with Crippen LogP contribution < -0.4 is 16.0 Å². The second kappa shape index (κ2) is 10.8. The van der Waals surface area contributed by atoms with Crippen LogP contribution in [0.1, 0.15) is 29.6 Å². The zero-order valence-electron chi connectivity index (χ0n) is 13.2. The van der Waals surface area contributed by atoms with E-state index in [0.29, 0.717) is 28.1 Å². The van der Waals surface area contributed by atoms with Crippen molar-refractivity contribution >= 4 is 47.4 Å². The molecule has 0 aromatic heterocycles. The third-order valence-corrected chi connectivity index (χ3v) is 4.60. The van der Waals surface area contributed by atoms with Gasteiger partial charge in [-0.15, -0.1) is 12.4 Å². The molecule has 0 spiro atoms. The fourth-order valence-electron chi connectivity index (χ4n) is 2.55. The molecule has 3 N–H and O–H groups in total. The van der Waals surface area contributed by atoms with Crippen LogP contribution in [0.25, 0.3) is 0 Å². The first-order valence-electron chi connectivity index (χ1n) is 7.77. The van der Waals surface area contributed by atoms with Gasteiger partial charge in [-0.1, -0.05) is 23.2 Å². The molecule has 1 heterocycles. The molecule has 24 heavy (non-hydrogen) atoms. The first-order chi connectivity index (χ1) is 11.1. The van der Waals surface area contributed by atoms with Crippen LogP contribution in [0.3, 0.4) is 0 Å². The van der Waals surface area contributed by atoms with Crippen molar-refractivity contribution in [3.8, 4) is 0 Å². The molecule has 2 rings (SSSR count). The van der Waals surface area contributed by atoms with Gasteiger partial charge in [-0.05, 0) is 56.5 Å². The van der Waals surface area contributed by atoms with E-state index in [-0.39, 0.29) is 30.8 Å². The van der Waals surface area contributed by atoms with Gasteiger partial charge in [-0.2, -0.15) is 0 Å². The van der Waals surface area contributed by atoms with E-state index in [1.54, 1.807) is 12.1 Å². The molecule has 5 nitrogen and oxygen atoms in total. The lowest BCUT2D eigenvalue weighted by atomic mass is 9.96. The molecule has 1 aliphatic rings. The van der Waals surface area contributed by atoms with Crippen molar-refractivity contribution in [1.29, 1.82) is 0 Å². The molecule has 0 bridgehead atoms. The number of carbonyl (C=O) groups excluding carboxylic acids is 2. The lowest BCUT2D eigenvalue weighted by molar-refractivity contribution is -0.120. The van der Waals surface area contributed by atoms with Gasteiger partial charge in [0.05, 0.1) is 16.6 Å². The van der Waals surface area contributed by atoms with E-state index >= 15 is 0 Å². The summed E-state index contributed by atoms with van der Waals surface area (Å²) in [6.45, 7) is 2.68. The lowest BCUT2D eigenvalue weighted by Crippen LogP contribution is -2.38. The van der Waals surface area contributed by atoms with Crippen molar-refractivity contribution in [2.75, 3.05) is 26.2 Å². The number of benzene rings is 1. The Balaban J connectivity index is 0.00000288. The molecule has 1 aromatic rings. The average Bonchev–Trinajstić information content (AvgIpc) is 2.56. The average molecular weight is 395 g/mol. The van der Waals surface area contributed by atoms with Crippen LogP contribution in [0.2, 0.25) is 10.0 Å². The van der Waals surface area contributed by atoms with Gasteiger partial charge in [0, 0.05) is 12.1 Å². The number of hydrogen-bond acceptors (Lipinski definition) is 3. The van der Waals surface area contributed by atoms with Gasteiger partial charge in [0.15, 0.2) is 0 Å². The maximum Gasteiger partial charge on any atom is 0.251 e. The van der Waals surface area contributed by atoms with Crippen molar-refractivity contribution in [3.63, 3.8) is 0 Å². The van der Waals surface area contributed by atoms with Crippen LogP contribution in [-0.4, -0.2) is 38.0 Å². The topological polar surface area (TPSA) is 70.2 Å². The Morgan fingerprint density at radius 1 is 1.21 bits per heavy atom. The molecule has 8 heteroatoms. The fourth-order valence-corrected chi connectivity index (χ4v) is 2.85. The molecule has 1 aromatic carbocycles. The number of hydrogen-bond donors (Lipinski definition) is 3. The zero-order chi connectivity index (χ0) is 16.7. The highest BCUT2D eigenvalue weighted by molar-refractivity contribution is 6.42. The van der Waals surface area contributed by atoms with Gasteiger partial charge in [0.1, 0.15) is 0 Å². The van der Waals surface area contributed by atoms with E-state index in [1.165, 1.54) is 18.9 Å². The van der Waals surface area contributed by atoms with E-state index < -0.39 is 0 Å². The summed E-state index contributed by atoms with van der Waals surface area (Å²) in [7, 11) is 0. The van der Waals surface area contributed by atoms with Crippen molar-refractivity contribution in [1.82, 2.24) is 16.0 Å². The molecule has 1 aliphatic heterocycles. The Morgan fingerprint density at radius 3 is 2.67 bits per heavy atom. The summed E-state index contributed by atoms with van der Waals surface area (Å²) in [5, 5.41) is 9.44. The number of amides is 2. The number of piperidine rings is 1. The highest BCUT2D eigenvalue weighted by Crippen LogP contribution is 2.22. The summed E-state index contributed by atoms with van der Waals surface area (Å²) in [5.41, 5.74) is 0.375. The monoisotopic (exact) mass is 393 g/mol. The minimum atomic E-state index is -0.352. The standard InChI is InChI=1S/C16H21Cl2N3O2.ClH/c17-13-4-3-12(8-14(13)18)16(23)21-10-15(22)20-7-5-11-2-1-6-19-9-11;/h3-4,8,11,19H,1-2,5-7,9-10H2,(H,20,22)(H,21,23);1H. The fraction of sp³-hybridized carbons (Fsp3) is 0.500. The van der Waals surface area contributed by atoms with Crippen LogP contribution in [-0.2, 0) is 4.79 Å². The van der Waals surface area contributed by atoms with Gasteiger partial charge < -0.3 is 16.0 Å². The van der Waals surface area contributed by atoms with Gasteiger partial charge in [0.25, 0.3) is 5.91 Å². The molecule has 2 amide bonds. The largest absolute Gasteiger partial charge is 0.355 e. The van der Waals surface area contributed by atoms with E-state index in [9.17, 15) is 9.59 Å². The SMILES string of the molecule is Cl.O=C(CNC(=O)c1ccc(Cl)c(Cl)c1)NCCC1CCCNC1. The third kappa shape index (κ3) is 6.85. The van der Waals surface area contributed by atoms with E-state index in [1.807, 2.05) is 0 Å². The Morgan fingerprint density at radius 2 is 2.00 bits per heavy atom. The molecule has 134 valence electrons. The highest BCUT2D eigenvalue weighted by Gasteiger charge is 2.13. The van der Waals surface area contributed by atoms with Gasteiger partial charge >= 0.3 is 0 Å². The smallest absolute Gasteiger partial charge is 0.251 e. The van der Waals surface area contributed by atoms with Gasteiger partial charge in [-0.3, -0.25) is 9.59 Å². The zero-order valence-corrected chi connectivity index (χ0v) is 15.6. The Kier molecular flexibility index (Phi) is 9.44. The predicted molar refractivity (Wildman–Crippen MR) is 99.3 cm³/mol. The summed E-state index contributed by atoms with van der Waals surface area (Å²) in [4.78, 5) is 23.7. The van der Waals surface area contributed by atoms with E-state index in [4.69, 9.17) is 23.2 Å². The van der Waals surface area contributed by atoms with Crippen molar-refractivity contribution in [3.05, 3.63) is 33.8 Å². The van der Waals surface area contributed by atoms with Crippen molar-refractivity contribution < 1.29 is 9.59 Å². The molecule has 1 fully saturated rings. The molecule has 1 atom stereocenters. The van der Waals surface area contributed by atoms with E-state index in [0.717, 1.165) is 19.5 Å². The molecular formula is C16H22Cl3N3O2. The van der Waals surface area contributed by atoms with Crippen LogP contribution >= 0.6 is 35.6 Å². The summed E-state index contributed by atoms with van der Waals surface area (Å²) in [6, 6.07) is 4.60. The number of carbonyl (C=O) groups is 2. The molecule has 0 aliphatic carbocycles. The second-order valence-electron chi connectivity index (χ2n) is 5.66. The molecule has 1 saturated heterocycles. The van der Waals surface area contributed by atoms with Gasteiger partial charge in [0.2, 0.25) is 5.91 Å². The van der Waals surface area contributed by atoms with Crippen LogP contribution in [0.5, 0.6) is 0 Å². The maximum absolute atomic E-state index is 11.9. The first-order valence-corrected chi connectivity index (χ1v) is 8.52. The first kappa shape index (κ1) is 21.0. The number of halogens is 3. The molecule has 0 saturated carbocycles. The maximum atomic E-state index is 11.9. The molecule has 1 unspecified atom stereocenters. The molecular weight excluding hydrogens is 373 g/mol. The van der Waals surface area contributed by atoms with Gasteiger partial charge in [-0.25, -0.2) is 0 Å². The summed E-state index contributed by atoms with van der Waals surface area (Å²) >= 11 is 11.7. The summed E-state index contributed by atoms with van der Waals surface area (Å²) in [5.74, 6) is 0.0761. The Hall–Kier alpha value is -1.01. The Bertz CT molecular complexity index is 563. The number of rotatable bonds is 6. The summed E-state index contributed by atoms with van der Waals surface area (Å²) < 4.78 is 0. The summed E-state index contributed by atoms with van der Waals surface area (Å²) in [6.07, 6.45) is 3.36. The third-order valence-electron chi connectivity index (χ3n) is 3.86. The quantitative estimate of drug-likeness (QED) is 0.695. The second-order valence-corrected chi connectivity index (χ2v) is 6.48. The number of nitrogens with one attached hydrogen (secondary N) is 3. The minimum Gasteiger partial charge on any atom is -0.355 e. The van der Waals surface area contributed by atoms with Crippen molar-refractivity contribution in [2.45, 2.75) is 19.3 Å². The lowest BCUT2D eigenvalue weighted by Gasteiger charge is -2.22. The van der Waals surface area contributed by atoms with Crippen molar-refractivity contribution in [2.24, 2.45) is 5.92 Å². The normalized spacial score (nSPS) is 16.8. The highest BCUT2D eigenvalue weighted by atomic mass is 35.5. The van der Waals surface area contributed by atoms with Crippen LogP contribution in [0, 0.1) is 5.92 Å². The minimum absolute atomic E-state index is 0. The van der Waals surface area contributed by atoms with E-state index in [2.05, 4.69) is 16.0 Å². The Labute approximate surface area is 158 Å². The predicted octanol–water partition coefficient (Wildman–Crippen LogP) is 2.65. The molecule has 0 radical (unpaired) electrons.